The summed E-state index contributed by atoms with van der Waals surface area (Å²) in [6.45, 7) is 3.84. The van der Waals surface area contributed by atoms with Gasteiger partial charge in [0.05, 0.1) is 24.6 Å². The third kappa shape index (κ3) is 5.75. The van der Waals surface area contributed by atoms with Gasteiger partial charge < -0.3 is 15.0 Å². The van der Waals surface area contributed by atoms with Crippen LogP contribution in [0.25, 0.3) is 0 Å². The van der Waals surface area contributed by atoms with Crippen molar-refractivity contribution in [1.82, 2.24) is 4.31 Å². The average Bonchev–Trinajstić information content (AvgIpc) is 2.62. The minimum atomic E-state index is -3.49. The minimum Gasteiger partial charge on any atom is -0.466 e. The third-order valence-electron chi connectivity index (χ3n) is 4.57. The molecule has 150 valence electrons. The van der Waals surface area contributed by atoms with Gasteiger partial charge in [-0.25, -0.2) is 12.7 Å². The van der Waals surface area contributed by atoms with Crippen molar-refractivity contribution >= 4 is 27.6 Å². The number of nitrogens with one attached hydrogen (secondary N) is 2. The molecule has 9 heteroatoms. The van der Waals surface area contributed by atoms with Crippen LogP contribution in [0, 0.1) is 5.92 Å². The maximum atomic E-state index is 12.3. The highest BCUT2D eigenvalue weighted by molar-refractivity contribution is 7.89. The second-order valence-corrected chi connectivity index (χ2v) is 8.98. The largest absolute Gasteiger partial charge is 0.466 e. The van der Waals surface area contributed by atoms with Crippen molar-refractivity contribution in [3.8, 4) is 0 Å². The number of hydrogen-bond acceptors (Lipinski definition) is 5. The Labute approximate surface area is 160 Å². The summed E-state index contributed by atoms with van der Waals surface area (Å²) in [5.74, 6) is -0.512. The summed E-state index contributed by atoms with van der Waals surface area (Å²) < 4.78 is 30.3. The van der Waals surface area contributed by atoms with E-state index in [-0.39, 0.29) is 29.2 Å². The highest BCUT2D eigenvalue weighted by Gasteiger charge is 2.30. The summed E-state index contributed by atoms with van der Waals surface area (Å²) in [7, 11) is -0.555. The van der Waals surface area contributed by atoms with Crippen LogP contribution in [0.3, 0.4) is 0 Å². The van der Waals surface area contributed by atoms with Crippen molar-refractivity contribution < 1.29 is 27.6 Å². The van der Waals surface area contributed by atoms with E-state index in [1.165, 1.54) is 26.2 Å². The van der Waals surface area contributed by atoms with Gasteiger partial charge in [0.25, 0.3) is 5.91 Å². The summed E-state index contributed by atoms with van der Waals surface area (Å²) in [6.07, 6.45) is 1.68. The molecule has 0 aliphatic carbocycles. The van der Waals surface area contributed by atoms with E-state index in [4.69, 9.17) is 4.74 Å². The first kappa shape index (κ1) is 21.3. The predicted molar refractivity (Wildman–Crippen MR) is 101 cm³/mol. The molecule has 0 saturated carbocycles. The van der Waals surface area contributed by atoms with E-state index in [0.29, 0.717) is 18.8 Å². The fourth-order valence-corrected chi connectivity index (χ4v) is 4.03. The van der Waals surface area contributed by atoms with Crippen LogP contribution in [0.5, 0.6) is 0 Å². The highest BCUT2D eigenvalue weighted by Crippen LogP contribution is 2.16. The first-order valence-electron chi connectivity index (χ1n) is 9.06. The number of ether oxygens (including phenoxy) is 1. The fourth-order valence-electron chi connectivity index (χ4n) is 3.13. The van der Waals surface area contributed by atoms with Gasteiger partial charge in [0.2, 0.25) is 10.0 Å². The van der Waals surface area contributed by atoms with Gasteiger partial charge in [0.1, 0.15) is 5.92 Å². The molecule has 0 aromatic heterocycles. The summed E-state index contributed by atoms with van der Waals surface area (Å²) >= 11 is 0. The predicted octanol–water partition coefficient (Wildman–Crippen LogP) is -0.267. The number of quaternary nitrogens is 1. The Kier molecular flexibility index (Phi) is 7.34. The number of anilines is 1. The molecule has 1 aromatic carbocycles. The standard InChI is InChI=1S/C18H27N3O5S/c1-4-26-18(23)14-6-5-11-21(12-14)13-17(22)19-15-7-9-16(10-8-15)27(24,25)20(2)3/h7-10,14H,4-6,11-13H2,1-3H3,(H,19,22)/p+1/t14-/m0/s1. The van der Waals surface area contributed by atoms with Gasteiger partial charge in [0, 0.05) is 19.8 Å². The molecule has 1 aromatic rings. The Balaban J connectivity index is 1.91. The number of rotatable bonds is 7. The van der Waals surface area contributed by atoms with Gasteiger partial charge in [0.15, 0.2) is 6.54 Å². The lowest BCUT2D eigenvalue weighted by Crippen LogP contribution is -3.14. The van der Waals surface area contributed by atoms with E-state index >= 15 is 0 Å². The van der Waals surface area contributed by atoms with Crippen molar-refractivity contribution in [3.05, 3.63) is 24.3 Å². The lowest BCUT2D eigenvalue weighted by molar-refractivity contribution is -0.899. The van der Waals surface area contributed by atoms with Gasteiger partial charge in [-0.05, 0) is 44.0 Å². The molecule has 2 rings (SSSR count). The van der Waals surface area contributed by atoms with E-state index in [1.54, 1.807) is 19.1 Å². The van der Waals surface area contributed by atoms with E-state index in [2.05, 4.69) is 5.32 Å². The molecule has 8 nitrogen and oxygen atoms in total. The van der Waals surface area contributed by atoms with Crippen molar-refractivity contribution in [2.45, 2.75) is 24.7 Å². The van der Waals surface area contributed by atoms with Crippen LogP contribution in [-0.2, 0) is 24.3 Å². The number of carbonyl (C=O) groups is 2. The zero-order valence-corrected chi connectivity index (χ0v) is 16.8. The number of nitrogens with zero attached hydrogens (tertiary/aromatic N) is 1. The first-order chi connectivity index (χ1) is 12.7. The third-order valence-corrected chi connectivity index (χ3v) is 6.39. The SMILES string of the molecule is CCOC(=O)[C@H]1CCC[NH+](CC(=O)Nc2ccc(S(=O)(=O)N(C)C)cc2)C1. The van der Waals surface area contributed by atoms with E-state index in [9.17, 15) is 18.0 Å². The van der Waals surface area contributed by atoms with Crippen LogP contribution in [-0.4, -0.2) is 64.9 Å². The van der Waals surface area contributed by atoms with Crippen LogP contribution in [0.1, 0.15) is 19.8 Å². The molecule has 1 unspecified atom stereocenters. The molecule has 1 aliphatic heterocycles. The van der Waals surface area contributed by atoms with Gasteiger partial charge in [-0.15, -0.1) is 0 Å². The number of esters is 1. The van der Waals surface area contributed by atoms with E-state index < -0.39 is 10.0 Å². The number of benzene rings is 1. The molecule has 0 bridgehead atoms. The van der Waals surface area contributed by atoms with Gasteiger partial charge in [-0.3, -0.25) is 9.59 Å². The van der Waals surface area contributed by atoms with Crippen LogP contribution in [0.2, 0.25) is 0 Å². The van der Waals surface area contributed by atoms with Crippen LogP contribution in [0.4, 0.5) is 5.69 Å². The molecule has 0 radical (unpaired) electrons. The zero-order valence-electron chi connectivity index (χ0n) is 16.0. The summed E-state index contributed by atoms with van der Waals surface area (Å²) in [6, 6.07) is 6.08. The molecule has 2 atom stereocenters. The average molecular weight is 399 g/mol. The topological polar surface area (TPSA) is 97.2 Å². The number of carbonyl (C=O) groups excluding carboxylic acids is 2. The second-order valence-electron chi connectivity index (χ2n) is 6.83. The number of piperidine rings is 1. The number of likely N-dealkylation sites (tertiary alicyclic amines) is 1. The quantitative estimate of drug-likeness (QED) is 0.617. The summed E-state index contributed by atoms with van der Waals surface area (Å²) in [5.41, 5.74) is 0.538. The van der Waals surface area contributed by atoms with Crippen molar-refractivity contribution in [1.29, 1.82) is 0 Å². The number of amides is 1. The molecule has 1 heterocycles. The summed E-state index contributed by atoms with van der Waals surface area (Å²) in [4.78, 5) is 25.4. The van der Waals surface area contributed by atoms with Crippen LogP contribution < -0.4 is 10.2 Å². The zero-order chi connectivity index (χ0) is 20.0. The Morgan fingerprint density at radius 3 is 2.52 bits per heavy atom. The summed E-state index contributed by atoms with van der Waals surface area (Å²) in [5, 5.41) is 2.78. The van der Waals surface area contributed by atoms with Gasteiger partial charge in [-0.2, -0.15) is 0 Å². The minimum absolute atomic E-state index is 0.156. The Bertz CT molecular complexity index is 762. The van der Waals surface area contributed by atoms with E-state index in [0.717, 1.165) is 28.6 Å². The van der Waals surface area contributed by atoms with Gasteiger partial charge in [-0.1, -0.05) is 0 Å². The molecular formula is C18H28N3O5S+. The molecule has 1 aliphatic rings. The lowest BCUT2D eigenvalue weighted by Gasteiger charge is -2.28. The Morgan fingerprint density at radius 2 is 1.93 bits per heavy atom. The molecule has 2 N–H and O–H groups in total. The second kappa shape index (κ2) is 9.29. The molecule has 27 heavy (non-hydrogen) atoms. The maximum absolute atomic E-state index is 12.3. The van der Waals surface area contributed by atoms with Crippen LogP contribution >= 0.6 is 0 Å². The molecule has 1 fully saturated rings. The molecule has 0 spiro atoms. The fraction of sp³-hybridized carbons (Fsp3) is 0.556. The molecule has 1 amide bonds. The highest BCUT2D eigenvalue weighted by atomic mass is 32.2. The Morgan fingerprint density at radius 1 is 1.26 bits per heavy atom. The van der Waals surface area contributed by atoms with E-state index in [1.807, 2.05) is 0 Å². The first-order valence-corrected chi connectivity index (χ1v) is 10.5. The number of hydrogen-bond donors (Lipinski definition) is 2. The molecular weight excluding hydrogens is 370 g/mol. The number of sulfonamides is 1. The van der Waals surface area contributed by atoms with Crippen molar-refractivity contribution in [2.24, 2.45) is 5.92 Å². The monoisotopic (exact) mass is 398 g/mol. The Hall–Kier alpha value is -1.97. The molecule has 1 saturated heterocycles. The normalized spacial score (nSPS) is 20.3. The van der Waals surface area contributed by atoms with Crippen molar-refractivity contribution in [3.63, 3.8) is 0 Å². The lowest BCUT2D eigenvalue weighted by atomic mass is 9.98. The van der Waals surface area contributed by atoms with Crippen molar-refractivity contribution in [2.75, 3.05) is 45.7 Å². The maximum Gasteiger partial charge on any atom is 0.314 e. The smallest absolute Gasteiger partial charge is 0.314 e. The van der Waals surface area contributed by atoms with Gasteiger partial charge >= 0.3 is 5.97 Å². The van der Waals surface area contributed by atoms with Crippen LogP contribution in [0.15, 0.2) is 29.2 Å².